The second kappa shape index (κ2) is 8.93. The Kier molecular flexibility index (Phi) is 5.99. The molecule has 0 radical (unpaired) electrons. The van der Waals surface area contributed by atoms with E-state index in [4.69, 9.17) is 23.2 Å². The van der Waals surface area contributed by atoms with Crippen molar-refractivity contribution in [1.82, 2.24) is 25.2 Å². The minimum absolute atomic E-state index is 0.185. The molecule has 0 aliphatic carbocycles. The van der Waals surface area contributed by atoms with E-state index in [0.29, 0.717) is 28.2 Å². The number of nitrogens with zero attached hydrogens (tertiary/aromatic N) is 4. The average molecular weight is 488 g/mol. The molecule has 0 saturated carbocycles. The van der Waals surface area contributed by atoms with Crippen molar-refractivity contribution in [3.63, 3.8) is 0 Å². The summed E-state index contributed by atoms with van der Waals surface area (Å²) in [6, 6.07) is 7.27. The molecule has 1 N–H and O–H groups in total. The number of carbonyl (C=O) groups is 3. The first kappa shape index (κ1) is 22.1. The maximum absolute atomic E-state index is 12.8. The van der Waals surface area contributed by atoms with Gasteiger partial charge >= 0.3 is 6.03 Å². The van der Waals surface area contributed by atoms with Gasteiger partial charge in [0.05, 0.1) is 18.1 Å². The van der Waals surface area contributed by atoms with Gasteiger partial charge in [-0.05, 0) is 60.7 Å². The van der Waals surface area contributed by atoms with Crippen LogP contribution in [0.25, 0.3) is 0 Å². The van der Waals surface area contributed by atoms with Gasteiger partial charge in [-0.25, -0.2) is 19.8 Å². The maximum atomic E-state index is 12.8. The van der Waals surface area contributed by atoms with E-state index in [2.05, 4.69) is 15.2 Å². The van der Waals surface area contributed by atoms with Gasteiger partial charge in [-0.1, -0.05) is 35.3 Å². The van der Waals surface area contributed by atoms with E-state index in [1.807, 2.05) is 24.3 Å². The molecule has 3 aliphatic heterocycles. The number of benzene rings is 1. The van der Waals surface area contributed by atoms with Crippen molar-refractivity contribution in [2.75, 3.05) is 19.6 Å². The number of piperidine rings is 1. The molecule has 1 aromatic carbocycles. The van der Waals surface area contributed by atoms with E-state index in [0.717, 1.165) is 49.2 Å². The van der Waals surface area contributed by atoms with Gasteiger partial charge in [0.1, 0.15) is 5.15 Å². The quantitative estimate of drug-likeness (QED) is 0.666. The van der Waals surface area contributed by atoms with Crippen LogP contribution in [0.4, 0.5) is 4.79 Å². The molecular weight excluding hydrogens is 465 g/mol. The third-order valence-electron chi connectivity index (χ3n) is 6.59. The minimum Gasteiger partial charge on any atom is -0.299 e. The third kappa shape index (κ3) is 4.30. The molecular formula is C23H23Cl2N5O3. The van der Waals surface area contributed by atoms with Crippen LogP contribution in [-0.2, 0) is 17.9 Å². The van der Waals surface area contributed by atoms with Gasteiger partial charge in [-0.15, -0.1) is 0 Å². The van der Waals surface area contributed by atoms with Gasteiger partial charge in [0.25, 0.3) is 5.91 Å². The van der Waals surface area contributed by atoms with Crippen molar-refractivity contribution < 1.29 is 14.4 Å². The number of hydrogen-bond donors (Lipinski definition) is 1. The molecule has 0 unspecified atom stereocenters. The summed E-state index contributed by atoms with van der Waals surface area (Å²) in [4.78, 5) is 42.8. The predicted molar refractivity (Wildman–Crippen MR) is 123 cm³/mol. The van der Waals surface area contributed by atoms with Crippen LogP contribution in [0.5, 0.6) is 0 Å². The van der Waals surface area contributed by atoms with Crippen molar-refractivity contribution in [2.45, 2.75) is 38.3 Å². The number of hydrogen-bond acceptors (Lipinski definition) is 5. The Morgan fingerprint density at radius 2 is 1.82 bits per heavy atom. The first-order valence-corrected chi connectivity index (χ1v) is 11.7. The summed E-state index contributed by atoms with van der Waals surface area (Å²) in [6.45, 7) is 3.19. The van der Waals surface area contributed by atoms with Crippen molar-refractivity contribution in [2.24, 2.45) is 0 Å². The molecule has 172 valence electrons. The molecule has 4 heterocycles. The van der Waals surface area contributed by atoms with E-state index in [9.17, 15) is 14.4 Å². The topological polar surface area (TPSA) is 85.9 Å². The van der Waals surface area contributed by atoms with Gasteiger partial charge in [-0.3, -0.25) is 19.8 Å². The highest BCUT2D eigenvalue weighted by Crippen LogP contribution is 2.36. The summed E-state index contributed by atoms with van der Waals surface area (Å²) in [5.41, 5.74) is 3.70. The number of carbonyl (C=O) groups excluding carboxylic acids is 3. The zero-order valence-electron chi connectivity index (χ0n) is 17.9. The number of imide groups is 1. The zero-order valence-corrected chi connectivity index (χ0v) is 19.4. The highest BCUT2D eigenvalue weighted by molar-refractivity contribution is 6.41. The Bertz CT molecular complexity index is 1130. The standard InChI is InChI=1S/C23H23Cl2N5O3/c24-20-17(3-7-26-21(20)25)15-4-8-28(9-5-15)12-14-1-2-18-16(11-14)13-30(22(18)32)29-10-6-19(31)27-23(29)33/h1-3,7,11,15H,4-6,8-10,12-13H2,(H,27,31,33). The molecule has 10 heteroatoms. The summed E-state index contributed by atoms with van der Waals surface area (Å²) in [5, 5.41) is 5.92. The van der Waals surface area contributed by atoms with E-state index in [1.54, 1.807) is 6.20 Å². The number of aromatic nitrogens is 1. The van der Waals surface area contributed by atoms with Crippen LogP contribution >= 0.6 is 23.2 Å². The van der Waals surface area contributed by atoms with Gasteiger partial charge in [0.15, 0.2) is 0 Å². The van der Waals surface area contributed by atoms with E-state index < -0.39 is 6.03 Å². The fourth-order valence-corrected chi connectivity index (χ4v) is 5.28. The van der Waals surface area contributed by atoms with Gasteiger partial charge in [0.2, 0.25) is 5.91 Å². The van der Waals surface area contributed by atoms with Crippen LogP contribution in [-0.4, -0.2) is 57.4 Å². The highest BCUT2D eigenvalue weighted by atomic mass is 35.5. The molecule has 2 aromatic rings. The lowest BCUT2D eigenvalue weighted by atomic mass is 9.90. The minimum atomic E-state index is -0.550. The summed E-state index contributed by atoms with van der Waals surface area (Å²) < 4.78 is 0. The summed E-state index contributed by atoms with van der Waals surface area (Å²) in [5.74, 6) is -0.168. The molecule has 1 aromatic heterocycles. The number of pyridine rings is 1. The number of nitrogens with one attached hydrogen (secondary N) is 1. The molecule has 8 nitrogen and oxygen atoms in total. The van der Waals surface area contributed by atoms with Crippen molar-refractivity contribution in [3.8, 4) is 0 Å². The smallest absolute Gasteiger partial charge is 0.299 e. The molecule has 0 atom stereocenters. The summed E-state index contributed by atoms with van der Waals surface area (Å²) >= 11 is 12.4. The Morgan fingerprint density at radius 3 is 2.58 bits per heavy atom. The lowest BCUT2D eigenvalue weighted by Crippen LogP contribution is -2.56. The Balaban J connectivity index is 1.22. The van der Waals surface area contributed by atoms with Crippen LogP contribution in [0.3, 0.4) is 0 Å². The van der Waals surface area contributed by atoms with Crippen molar-refractivity contribution in [3.05, 3.63) is 62.9 Å². The Labute approximate surface area is 201 Å². The average Bonchev–Trinajstić information content (AvgIpc) is 3.12. The number of halogens is 2. The zero-order chi connectivity index (χ0) is 23.1. The molecule has 0 spiro atoms. The first-order chi connectivity index (χ1) is 15.9. The number of hydrazine groups is 1. The van der Waals surface area contributed by atoms with Gasteiger partial charge in [0, 0.05) is 24.7 Å². The van der Waals surface area contributed by atoms with E-state index in [1.165, 1.54) is 10.0 Å². The van der Waals surface area contributed by atoms with Crippen LogP contribution in [0, 0.1) is 0 Å². The lowest BCUT2D eigenvalue weighted by molar-refractivity contribution is -0.123. The predicted octanol–water partition coefficient (Wildman–Crippen LogP) is 3.58. The second-order valence-corrected chi connectivity index (χ2v) is 9.37. The van der Waals surface area contributed by atoms with Crippen molar-refractivity contribution in [1.29, 1.82) is 0 Å². The Morgan fingerprint density at radius 1 is 1.03 bits per heavy atom. The largest absolute Gasteiger partial charge is 0.342 e. The van der Waals surface area contributed by atoms with Gasteiger partial charge < -0.3 is 0 Å². The fraction of sp³-hybridized carbons (Fsp3) is 0.391. The number of fused-ring (bicyclic) bond motifs is 1. The molecule has 5 rings (SSSR count). The highest BCUT2D eigenvalue weighted by Gasteiger charge is 2.37. The third-order valence-corrected chi connectivity index (χ3v) is 7.37. The monoisotopic (exact) mass is 487 g/mol. The number of likely N-dealkylation sites (tertiary alicyclic amines) is 1. The van der Waals surface area contributed by atoms with Crippen LogP contribution in [0.1, 0.15) is 52.2 Å². The SMILES string of the molecule is O=C1CCN(N2Cc3cc(CN4CCC(c5ccnc(Cl)c5Cl)CC4)ccc3C2=O)C(=O)N1. The van der Waals surface area contributed by atoms with E-state index >= 15 is 0 Å². The molecule has 2 fully saturated rings. The van der Waals surface area contributed by atoms with Crippen LogP contribution < -0.4 is 5.32 Å². The van der Waals surface area contributed by atoms with Crippen LogP contribution in [0.2, 0.25) is 10.2 Å². The maximum Gasteiger partial charge on any atom is 0.342 e. The summed E-state index contributed by atoms with van der Waals surface area (Å²) in [6.07, 6.45) is 3.86. The Hall–Kier alpha value is -2.68. The van der Waals surface area contributed by atoms with E-state index in [-0.39, 0.29) is 24.8 Å². The molecule has 33 heavy (non-hydrogen) atoms. The van der Waals surface area contributed by atoms with Crippen molar-refractivity contribution >= 4 is 41.0 Å². The van der Waals surface area contributed by atoms with Gasteiger partial charge in [-0.2, -0.15) is 0 Å². The summed E-state index contributed by atoms with van der Waals surface area (Å²) in [7, 11) is 0. The first-order valence-electron chi connectivity index (χ1n) is 11.0. The normalized spacial score (nSPS) is 19.8. The van der Waals surface area contributed by atoms with Crippen LogP contribution in [0.15, 0.2) is 30.5 Å². The fourth-order valence-electron chi connectivity index (χ4n) is 4.85. The number of urea groups is 1. The lowest BCUT2D eigenvalue weighted by Gasteiger charge is -2.33. The molecule has 2 saturated heterocycles. The number of amides is 4. The molecule has 3 aliphatic rings. The number of rotatable bonds is 4. The molecule has 4 amide bonds. The second-order valence-electron chi connectivity index (χ2n) is 8.64. The molecule has 0 bridgehead atoms.